The summed E-state index contributed by atoms with van der Waals surface area (Å²) in [5, 5.41) is 0. The van der Waals surface area contributed by atoms with E-state index in [1.54, 1.807) is 0 Å². The number of hydrogen-bond donors (Lipinski definition) is 2. The summed E-state index contributed by atoms with van der Waals surface area (Å²) in [5.41, 5.74) is 13.6. The van der Waals surface area contributed by atoms with E-state index in [4.69, 9.17) is 16.5 Å². The minimum Gasteiger partial charge on any atom is -0.396 e. The van der Waals surface area contributed by atoms with Gasteiger partial charge in [0, 0.05) is 37.4 Å². The Bertz CT molecular complexity index is 692. The molecule has 1 saturated heterocycles. The highest BCUT2D eigenvalue weighted by Crippen LogP contribution is 2.31. The van der Waals surface area contributed by atoms with Crippen molar-refractivity contribution in [3.05, 3.63) is 29.8 Å². The van der Waals surface area contributed by atoms with Crippen LogP contribution in [0.5, 0.6) is 0 Å². The number of anilines is 3. The molecule has 6 heteroatoms. The molecule has 2 aromatic rings. The number of hydrogen-bond acceptors (Lipinski definition) is 5. The largest absolute Gasteiger partial charge is 0.396 e. The summed E-state index contributed by atoms with van der Waals surface area (Å²) in [5.74, 6) is 3.06. The number of rotatable bonds is 2. The van der Waals surface area contributed by atoms with Crippen molar-refractivity contribution in [3.63, 3.8) is 0 Å². The van der Waals surface area contributed by atoms with Gasteiger partial charge in [-0.05, 0) is 37.8 Å². The van der Waals surface area contributed by atoms with E-state index in [1.807, 2.05) is 12.1 Å². The van der Waals surface area contributed by atoms with Crippen LogP contribution in [0.15, 0.2) is 18.3 Å². The second kappa shape index (κ2) is 5.19. The predicted octanol–water partition coefficient (Wildman–Crippen LogP) is 1.77. The van der Waals surface area contributed by atoms with Crippen LogP contribution in [0.1, 0.15) is 36.7 Å². The molecule has 4 N–H and O–H groups in total. The maximum absolute atomic E-state index is 5.85. The highest BCUT2D eigenvalue weighted by molar-refractivity contribution is 5.62. The van der Waals surface area contributed by atoms with Crippen molar-refractivity contribution in [2.45, 2.75) is 38.1 Å². The Kier molecular flexibility index (Phi) is 3.17. The summed E-state index contributed by atoms with van der Waals surface area (Å²) in [6, 6.07) is 3.80. The minimum absolute atomic E-state index is 0.418. The van der Waals surface area contributed by atoms with Crippen LogP contribution in [-0.4, -0.2) is 27.6 Å². The van der Waals surface area contributed by atoms with Crippen LogP contribution in [0.3, 0.4) is 0 Å². The molecule has 0 bridgehead atoms. The van der Waals surface area contributed by atoms with Gasteiger partial charge in [-0.15, -0.1) is 0 Å². The van der Waals surface area contributed by atoms with Gasteiger partial charge in [0.25, 0.3) is 0 Å². The van der Waals surface area contributed by atoms with Crippen molar-refractivity contribution in [2.75, 3.05) is 29.5 Å². The first-order chi connectivity index (χ1) is 10.7. The SMILES string of the molecule is Nc1ccc(N2CCCC(c3ncc4n3CCC4)C2)nc1N. The normalized spacial score (nSPS) is 21.1. The summed E-state index contributed by atoms with van der Waals surface area (Å²) in [7, 11) is 0. The fourth-order valence-corrected chi connectivity index (χ4v) is 3.68. The summed E-state index contributed by atoms with van der Waals surface area (Å²) in [6.07, 6.45) is 6.81. The van der Waals surface area contributed by atoms with E-state index in [0.717, 1.165) is 31.9 Å². The standard InChI is InChI=1S/C16H22N6/c17-13-5-6-14(20-15(13)18)21-7-1-3-11(10-21)16-19-9-12-4-2-8-22(12)16/h5-6,9,11H,1-4,7-8,10,17H2,(H2,18,20). The number of aromatic nitrogens is 3. The number of nitrogens with two attached hydrogens (primary N) is 2. The Morgan fingerprint density at radius 3 is 2.91 bits per heavy atom. The van der Waals surface area contributed by atoms with Gasteiger partial charge in [-0.1, -0.05) is 0 Å². The monoisotopic (exact) mass is 298 g/mol. The highest BCUT2D eigenvalue weighted by Gasteiger charge is 2.28. The van der Waals surface area contributed by atoms with E-state index >= 15 is 0 Å². The van der Waals surface area contributed by atoms with Gasteiger partial charge >= 0.3 is 0 Å². The molecular weight excluding hydrogens is 276 g/mol. The molecule has 0 saturated carbocycles. The van der Waals surface area contributed by atoms with Crippen LogP contribution in [0.4, 0.5) is 17.3 Å². The number of imidazole rings is 1. The van der Waals surface area contributed by atoms with Crippen molar-refractivity contribution in [2.24, 2.45) is 0 Å². The Morgan fingerprint density at radius 2 is 2.05 bits per heavy atom. The average molecular weight is 298 g/mol. The Balaban J connectivity index is 1.57. The molecular formula is C16H22N6. The molecule has 0 amide bonds. The maximum atomic E-state index is 5.85. The number of fused-ring (bicyclic) bond motifs is 1. The van der Waals surface area contributed by atoms with E-state index < -0.39 is 0 Å². The van der Waals surface area contributed by atoms with E-state index in [1.165, 1.54) is 30.8 Å². The molecule has 6 nitrogen and oxygen atoms in total. The Morgan fingerprint density at radius 1 is 1.14 bits per heavy atom. The van der Waals surface area contributed by atoms with Gasteiger partial charge in [0.05, 0.1) is 5.69 Å². The van der Waals surface area contributed by atoms with Crippen molar-refractivity contribution in [1.82, 2.24) is 14.5 Å². The van der Waals surface area contributed by atoms with Crippen LogP contribution in [0.2, 0.25) is 0 Å². The van der Waals surface area contributed by atoms with E-state index in [9.17, 15) is 0 Å². The molecule has 0 aromatic carbocycles. The van der Waals surface area contributed by atoms with Gasteiger partial charge in [0.1, 0.15) is 17.5 Å². The quantitative estimate of drug-likeness (QED) is 0.882. The number of nitrogens with zero attached hydrogens (tertiary/aromatic N) is 4. The Labute approximate surface area is 130 Å². The molecule has 1 atom stereocenters. The molecule has 1 unspecified atom stereocenters. The highest BCUT2D eigenvalue weighted by atomic mass is 15.2. The topological polar surface area (TPSA) is 86.0 Å². The van der Waals surface area contributed by atoms with Crippen LogP contribution >= 0.6 is 0 Å². The fourth-order valence-electron chi connectivity index (χ4n) is 3.68. The first kappa shape index (κ1) is 13.4. The van der Waals surface area contributed by atoms with Gasteiger partial charge in [-0.25, -0.2) is 9.97 Å². The smallest absolute Gasteiger partial charge is 0.149 e. The maximum Gasteiger partial charge on any atom is 0.149 e. The van der Waals surface area contributed by atoms with Gasteiger partial charge in [0.2, 0.25) is 0 Å². The van der Waals surface area contributed by atoms with Crippen LogP contribution in [0.25, 0.3) is 0 Å². The molecule has 1 fully saturated rings. The molecule has 116 valence electrons. The molecule has 2 aliphatic rings. The van der Waals surface area contributed by atoms with Crippen molar-refractivity contribution in [3.8, 4) is 0 Å². The first-order valence-electron chi connectivity index (χ1n) is 8.03. The lowest BCUT2D eigenvalue weighted by Gasteiger charge is -2.33. The second-order valence-electron chi connectivity index (χ2n) is 6.29. The van der Waals surface area contributed by atoms with Gasteiger partial charge < -0.3 is 20.9 Å². The summed E-state index contributed by atoms with van der Waals surface area (Å²) < 4.78 is 2.42. The number of nitrogen functional groups attached to an aromatic ring is 2. The Hall–Kier alpha value is -2.24. The molecule has 0 aliphatic carbocycles. The van der Waals surface area contributed by atoms with Crippen LogP contribution in [0, 0.1) is 0 Å². The molecule has 0 radical (unpaired) electrons. The molecule has 4 heterocycles. The molecule has 0 spiro atoms. The third-order valence-corrected chi connectivity index (χ3v) is 4.84. The second-order valence-corrected chi connectivity index (χ2v) is 6.29. The lowest BCUT2D eigenvalue weighted by molar-refractivity contribution is 0.472. The summed E-state index contributed by atoms with van der Waals surface area (Å²) in [4.78, 5) is 11.4. The van der Waals surface area contributed by atoms with Crippen molar-refractivity contribution in [1.29, 1.82) is 0 Å². The predicted molar refractivity (Wildman–Crippen MR) is 87.8 cm³/mol. The summed E-state index contributed by atoms with van der Waals surface area (Å²) in [6.45, 7) is 3.08. The summed E-state index contributed by atoms with van der Waals surface area (Å²) >= 11 is 0. The zero-order valence-electron chi connectivity index (χ0n) is 12.7. The van der Waals surface area contributed by atoms with Crippen LogP contribution in [-0.2, 0) is 13.0 Å². The lowest BCUT2D eigenvalue weighted by atomic mass is 9.97. The molecule has 2 aromatic heterocycles. The van der Waals surface area contributed by atoms with Gasteiger partial charge in [-0.2, -0.15) is 0 Å². The fraction of sp³-hybridized carbons (Fsp3) is 0.500. The zero-order valence-corrected chi connectivity index (χ0v) is 12.7. The number of piperidine rings is 1. The van der Waals surface area contributed by atoms with E-state index in [0.29, 0.717) is 17.4 Å². The zero-order chi connectivity index (χ0) is 15.1. The van der Waals surface area contributed by atoms with Gasteiger partial charge in [-0.3, -0.25) is 0 Å². The first-order valence-corrected chi connectivity index (χ1v) is 8.03. The van der Waals surface area contributed by atoms with Gasteiger partial charge in [0.15, 0.2) is 0 Å². The molecule has 22 heavy (non-hydrogen) atoms. The molecule has 2 aliphatic heterocycles. The minimum atomic E-state index is 0.418. The van der Waals surface area contributed by atoms with Crippen molar-refractivity contribution < 1.29 is 0 Å². The number of pyridine rings is 1. The third kappa shape index (κ3) is 2.19. The van der Waals surface area contributed by atoms with E-state index in [2.05, 4.69) is 20.6 Å². The average Bonchev–Trinajstić information content (AvgIpc) is 3.13. The van der Waals surface area contributed by atoms with Crippen molar-refractivity contribution >= 4 is 17.3 Å². The van der Waals surface area contributed by atoms with E-state index in [-0.39, 0.29) is 0 Å². The number of aryl methyl sites for hydroxylation is 1. The van der Waals surface area contributed by atoms with Crippen LogP contribution < -0.4 is 16.4 Å². The lowest BCUT2D eigenvalue weighted by Crippen LogP contribution is -2.36. The third-order valence-electron chi connectivity index (χ3n) is 4.84. The molecule has 4 rings (SSSR count).